The molecule has 0 aliphatic rings. The maximum absolute atomic E-state index is 12.6. The number of aliphatic hydroxyl groups excluding tert-OH is 1. The molecule has 21 heavy (non-hydrogen) atoms. The van der Waals surface area contributed by atoms with E-state index < -0.39 is 17.3 Å². The second-order valence-corrected chi connectivity index (χ2v) is 5.30. The Kier molecular flexibility index (Phi) is 3.34. The zero-order chi connectivity index (χ0) is 15.0. The summed E-state index contributed by atoms with van der Waals surface area (Å²) in [6.07, 6.45) is -1.73. The van der Waals surface area contributed by atoms with E-state index in [0.717, 1.165) is 6.20 Å². The number of alkyl halides is 3. The minimum Gasteiger partial charge on any atom is -0.383 e. The molecule has 0 fully saturated rings. The first-order valence-corrected chi connectivity index (χ1v) is 6.69. The van der Waals surface area contributed by atoms with E-state index in [1.807, 2.05) is 0 Å². The minimum absolute atomic E-state index is 0.112. The third-order valence-electron chi connectivity index (χ3n) is 2.86. The first kappa shape index (κ1) is 13.9. The van der Waals surface area contributed by atoms with Crippen molar-refractivity contribution in [1.82, 2.24) is 15.0 Å². The zero-order valence-corrected chi connectivity index (χ0v) is 11.2. The van der Waals surface area contributed by atoms with Gasteiger partial charge in [0.15, 0.2) is 5.01 Å². The van der Waals surface area contributed by atoms with Crippen LogP contribution in [0.25, 0.3) is 11.0 Å². The molecule has 1 N–H and O–H groups in total. The van der Waals surface area contributed by atoms with E-state index >= 15 is 0 Å². The molecule has 0 bridgehead atoms. The van der Waals surface area contributed by atoms with Gasteiger partial charge in [-0.3, -0.25) is 9.97 Å². The topological polar surface area (TPSA) is 58.9 Å². The third-order valence-corrected chi connectivity index (χ3v) is 3.95. The van der Waals surface area contributed by atoms with E-state index in [0.29, 0.717) is 27.9 Å². The summed E-state index contributed by atoms with van der Waals surface area (Å²) >= 11 is 0.417. The lowest BCUT2D eigenvalue weighted by molar-refractivity contribution is -0.137. The molecule has 0 saturated carbocycles. The summed E-state index contributed by atoms with van der Waals surface area (Å²) in [4.78, 5) is 11.6. The summed E-state index contributed by atoms with van der Waals surface area (Å²) in [5.41, 5.74) is 1.42. The molecule has 0 aliphatic carbocycles. The highest BCUT2D eigenvalue weighted by Gasteiger charge is 2.35. The Morgan fingerprint density at radius 2 is 1.86 bits per heavy atom. The fourth-order valence-corrected chi connectivity index (χ4v) is 2.72. The third kappa shape index (κ3) is 2.59. The Morgan fingerprint density at radius 1 is 1.10 bits per heavy atom. The lowest BCUT2D eigenvalue weighted by atomic mass is 10.1. The Bertz CT molecular complexity index is 782. The lowest BCUT2D eigenvalue weighted by Gasteiger charge is -2.10. The van der Waals surface area contributed by atoms with Crippen LogP contribution in [0.3, 0.4) is 0 Å². The van der Waals surface area contributed by atoms with E-state index in [1.165, 1.54) is 12.4 Å². The van der Waals surface area contributed by atoms with Crippen molar-refractivity contribution in [3.63, 3.8) is 0 Å². The lowest BCUT2D eigenvalue weighted by Crippen LogP contribution is -2.03. The van der Waals surface area contributed by atoms with Crippen LogP contribution in [0, 0.1) is 0 Å². The Hall–Kier alpha value is -2.06. The first-order chi connectivity index (χ1) is 9.97. The van der Waals surface area contributed by atoms with E-state index in [2.05, 4.69) is 15.0 Å². The van der Waals surface area contributed by atoms with Gasteiger partial charge in [0, 0.05) is 24.2 Å². The van der Waals surface area contributed by atoms with Gasteiger partial charge in [0.25, 0.3) is 0 Å². The molecule has 1 unspecified atom stereocenters. The summed E-state index contributed by atoms with van der Waals surface area (Å²) in [7, 11) is 0. The predicted molar refractivity (Wildman–Crippen MR) is 70.7 cm³/mol. The molecule has 108 valence electrons. The quantitative estimate of drug-likeness (QED) is 0.789. The van der Waals surface area contributed by atoms with Crippen LogP contribution in [0.4, 0.5) is 13.2 Å². The summed E-state index contributed by atoms with van der Waals surface area (Å²) in [5.74, 6) is 0. The molecule has 0 aliphatic heterocycles. The number of fused-ring (bicyclic) bond motifs is 1. The van der Waals surface area contributed by atoms with Gasteiger partial charge >= 0.3 is 6.18 Å². The fourth-order valence-electron chi connectivity index (χ4n) is 1.93. The van der Waals surface area contributed by atoms with Crippen molar-refractivity contribution in [3.05, 3.63) is 52.2 Å². The van der Waals surface area contributed by atoms with Crippen LogP contribution in [-0.4, -0.2) is 20.1 Å². The fraction of sp³-hybridized carbons (Fsp3) is 0.154. The molecule has 0 radical (unpaired) electrons. The molecular formula is C13H8F3N3OS. The molecular weight excluding hydrogens is 303 g/mol. The average molecular weight is 311 g/mol. The summed E-state index contributed by atoms with van der Waals surface area (Å²) in [5, 5.41) is 9.32. The number of aliphatic hydroxyl groups is 1. The smallest absolute Gasteiger partial charge is 0.383 e. The van der Waals surface area contributed by atoms with Crippen LogP contribution in [0.2, 0.25) is 0 Å². The predicted octanol–water partition coefficient (Wildman–Crippen LogP) is 3.19. The highest BCUT2D eigenvalue weighted by molar-refractivity contribution is 7.11. The van der Waals surface area contributed by atoms with Gasteiger partial charge in [0.2, 0.25) is 0 Å². The van der Waals surface area contributed by atoms with Gasteiger partial charge in [0.1, 0.15) is 6.10 Å². The number of benzene rings is 1. The first-order valence-electron chi connectivity index (χ1n) is 5.87. The normalized spacial score (nSPS) is 13.5. The Labute approximate surface area is 120 Å². The molecule has 3 rings (SSSR count). The van der Waals surface area contributed by atoms with Gasteiger partial charge in [-0.15, -0.1) is 11.3 Å². The second kappa shape index (κ2) is 5.05. The van der Waals surface area contributed by atoms with Crippen molar-refractivity contribution in [1.29, 1.82) is 0 Å². The van der Waals surface area contributed by atoms with Gasteiger partial charge in [0.05, 0.1) is 15.9 Å². The number of aromatic nitrogens is 3. The van der Waals surface area contributed by atoms with Crippen molar-refractivity contribution in [2.45, 2.75) is 12.3 Å². The Morgan fingerprint density at radius 3 is 2.57 bits per heavy atom. The van der Waals surface area contributed by atoms with Crippen molar-refractivity contribution >= 4 is 22.4 Å². The number of rotatable bonds is 2. The van der Waals surface area contributed by atoms with Crippen LogP contribution < -0.4 is 0 Å². The van der Waals surface area contributed by atoms with Crippen LogP contribution >= 0.6 is 11.3 Å². The van der Waals surface area contributed by atoms with Crippen molar-refractivity contribution in [2.75, 3.05) is 0 Å². The number of halogens is 3. The standard InChI is InChI=1S/C13H8F3N3OS/c14-13(15,16)12-19-6-9(21-12)11(20)7-2-1-3-8-10(7)18-5-4-17-8/h1-6,11,20H. The largest absolute Gasteiger partial charge is 0.443 e. The zero-order valence-electron chi connectivity index (χ0n) is 10.4. The molecule has 3 aromatic rings. The van der Waals surface area contributed by atoms with Crippen molar-refractivity contribution in [2.24, 2.45) is 0 Å². The van der Waals surface area contributed by atoms with Gasteiger partial charge in [-0.2, -0.15) is 13.2 Å². The second-order valence-electron chi connectivity index (χ2n) is 4.24. The molecule has 1 atom stereocenters. The molecule has 2 aromatic heterocycles. The van der Waals surface area contributed by atoms with Gasteiger partial charge in [-0.05, 0) is 6.07 Å². The van der Waals surface area contributed by atoms with E-state index in [-0.39, 0.29) is 4.88 Å². The molecule has 0 spiro atoms. The van der Waals surface area contributed by atoms with Crippen LogP contribution in [0.5, 0.6) is 0 Å². The summed E-state index contributed by atoms with van der Waals surface area (Å²) in [6.45, 7) is 0. The van der Waals surface area contributed by atoms with Crippen LogP contribution in [0.1, 0.15) is 21.6 Å². The van der Waals surface area contributed by atoms with Crippen molar-refractivity contribution in [3.8, 4) is 0 Å². The summed E-state index contributed by atoms with van der Waals surface area (Å²) in [6, 6.07) is 4.99. The molecule has 1 aromatic carbocycles. The number of para-hydroxylation sites is 1. The molecule has 2 heterocycles. The van der Waals surface area contributed by atoms with Gasteiger partial charge < -0.3 is 5.11 Å². The Balaban J connectivity index is 2.05. The maximum Gasteiger partial charge on any atom is 0.443 e. The molecule has 8 heteroatoms. The maximum atomic E-state index is 12.6. The highest BCUT2D eigenvalue weighted by Crippen LogP contribution is 2.36. The molecule has 4 nitrogen and oxygen atoms in total. The molecule has 0 saturated heterocycles. The van der Waals surface area contributed by atoms with Gasteiger partial charge in [-0.25, -0.2) is 4.98 Å². The van der Waals surface area contributed by atoms with E-state index in [9.17, 15) is 18.3 Å². The highest BCUT2D eigenvalue weighted by atomic mass is 32.1. The number of hydrogen-bond donors (Lipinski definition) is 1. The van der Waals surface area contributed by atoms with Crippen LogP contribution in [0.15, 0.2) is 36.8 Å². The average Bonchev–Trinajstić information content (AvgIpc) is 2.96. The number of hydrogen-bond acceptors (Lipinski definition) is 5. The number of thiazole rings is 1. The van der Waals surface area contributed by atoms with E-state index in [1.54, 1.807) is 18.2 Å². The van der Waals surface area contributed by atoms with Crippen LogP contribution in [-0.2, 0) is 6.18 Å². The summed E-state index contributed by atoms with van der Waals surface area (Å²) < 4.78 is 37.7. The number of nitrogens with zero attached hydrogens (tertiary/aromatic N) is 3. The van der Waals surface area contributed by atoms with Crippen molar-refractivity contribution < 1.29 is 18.3 Å². The molecule has 0 amide bonds. The van der Waals surface area contributed by atoms with Gasteiger partial charge in [-0.1, -0.05) is 12.1 Å². The monoisotopic (exact) mass is 311 g/mol. The minimum atomic E-state index is -4.51. The SMILES string of the molecule is OC(c1cnc(C(F)(F)F)s1)c1cccc2nccnc12. The van der Waals surface area contributed by atoms with E-state index in [4.69, 9.17) is 0 Å².